The quantitative estimate of drug-likeness (QED) is 0.656. The number of halogens is 1. The van der Waals surface area contributed by atoms with Crippen LogP contribution in [0.25, 0.3) is 0 Å². The van der Waals surface area contributed by atoms with Gasteiger partial charge in [-0.05, 0) is 13.8 Å². The van der Waals surface area contributed by atoms with E-state index in [0.717, 1.165) is 19.6 Å². The Morgan fingerprint density at radius 1 is 1.59 bits per heavy atom. The van der Waals surface area contributed by atoms with Gasteiger partial charge in [0.25, 0.3) is 0 Å². The third-order valence-corrected chi connectivity index (χ3v) is 2.76. The predicted octanol–water partition coefficient (Wildman–Crippen LogP) is -0.145. The zero-order valence-electron chi connectivity index (χ0n) is 10.7. The highest BCUT2D eigenvalue weighted by Gasteiger charge is 2.19. The maximum Gasteiger partial charge on any atom is 0.234 e. The summed E-state index contributed by atoms with van der Waals surface area (Å²) in [4.78, 5) is 13.8. The molecule has 0 aliphatic carbocycles. The lowest BCUT2D eigenvalue weighted by Crippen LogP contribution is -2.52. The topological polar surface area (TPSA) is 53.6 Å². The fourth-order valence-electron chi connectivity index (χ4n) is 1.77. The zero-order valence-corrected chi connectivity index (χ0v) is 11.5. The normalized spacial score (nSPS) is 20.7. The molecule has 5 nitrogen and oxygen atoms in total. The maximum atomic E-state index is 11.6. The molecule has 1 fully saturated rings. The van der Waals surface area contributed by atoms with Crippen molar-refractivity contribution in [3.8, 4) is 0 Å². The summed E-state index contributed by atoms with van der Waals surface area (Å²) in [5.41, 5.74) is 0. The summed E-state index contributed by atoms with van der Waals surface area (Å²) in [6.07, 6.45) is 0. The van der Waals surface area contributed by atoms with Crippen LogP contribution in [0, 0.1) is 0 Å². The number of piperazine rings is 1. The van der Waals surface area contributed by atoms with Crippen LogP contribution in [0.2, 0.25) is 0 Å². The lowest BCUT2D eigenvalue weighted by Gasteiger charge is -2.33. The van der Waals surface area contributed by atoms with Crippen molar-refractivity contribution in [2.75, 3.05) is 45.9 Å². The fraction of sp³-hybridized carbons (Fsp3) is 0.909. The number of carbonyl (C=O) groups is 1. The minimum atomic E-state index is 0. The van der Waals surface area contributed by atoms with E-state index in [-0.39, 0.29) is 18.3 Å². The van der Waals surface area contributed by atoms with Crippen LogP contribution in [0.3, 0.4) is 0 Å². The van der Waals surface area contributed by atoms with Gasteiger partial charge in [0.15, 0.2) is 0 Å². The van der Waals surface area contributed by atoms with Crippen LogP contribution in [-0.4, -0.2) is 62.8 Å². The molecule has 1 heterocycles. The van der Waals surface area contributed by atoms with Crippen LogP contribution in [0.1, 0.15) is 13.8 Å². The van der Waals surface area contributed by atoms with Crippen LogP contribution in [0.4, 0.5) is 0 Å². The third-order valence-electron chi connectivity index (χ3n) is 2.76. The van der Waals surface area contributed by atoms with E-state index in [4.69, 9.17) is 4.74 Å². The second-order valence-corrected chi connectivity index (χ2v) is 4.07. The number of ether oxygens (including phenoxy) is 1. The number of rotatable bonds is 6. The number of nitrogens with one attached hydrogen (secondary N) is 2. The molecule has 0 unspecified atom stereocenters. The van der Waals surface area contributed by atoms with E-state index in [1.54, 1.807) is 0 Å². The first-order chi connectivity index (χ1) is 7.74. The summed E-state index contributed by atoms with van der Waals surface area (Å²) in [6.45, 7) is 9.36. The highest BCUT2D eigenvalue weighted by molar-refractivity contribution is 5.85. The van der Waals surface area contributed by atoms with E-state index in [0.29, 0.717) is 32.3 Å². The molecule has 0 spiro atoms. The SMILES string of the molecule is CCOCCNC(=O)CN1CCNC[C@H]1C.Cl. The Bertz CT molecular complexity index is 217. The molecule has 1 rings (SSSR count). The molecule has 1 amide bonds. The van der Waals surface area contributed by atoms with Crippen molar-refractivity contribution in [3.05, 3.63) is 0 Å². The van der Waals surface area contributed by atoms with Crippen LogP contribution in [0.15, 0.2) is 0 Å². The molecule has 1 aliphatic rings. The van der Waals surface area contributed by atoms with Gasteiger partial charge in [0.1, 0.15) is 0 Å². The molecule has 0 bridgehead atoms. The Balaban J connectivity index is 0.00000256. The second-order valence-electron chi connectivity index (χ2n) is 4.07. The molecule has 102 valence electrons. The molecular formula is C11H24ClN3O2. The molecule has 2 N–H and O–H groups in total. The third kappa shape index (κ3) is 6.83. The average Bonchev–Trinajstić information content (AvgIpc) is 2.28. The number of nitrogens with zero attached hydrogens (tertiary/aromatic N) is 1. The van der Waals surface area contributed by atoms with Gasteiger partial charge < -0.3 is 15.4 Å². The Morgan fingerprint density at radius 2 is 2.35 bits per heavy atom. The Labute approximate surface area is 110 Å². The first kappa shape index (κ1) is 16.6. The molecular weight excluding hydrogens is 242 g/mol. The van der Waals surface area contributed by atoms with Gasteiger partial charge in [0.05, 0.1) is 13.2 Å². The van der Waals surface area contributed by atoms with Gasteiger partial charge in [-0.15, -0.1) is 12.4 Å². The van der Waals surface area contributed by atoms with Crippen molar-refractivity contribution in [2.24, 2.45) is 0 Å². The van der Waals surface area contributed by atoms with Crippen LogP contribution < -0.4 is 10.6 Å². The first-order valence-corrected chi connectivity index (χ1v) is 6.03. The largest absolute Gasteiger partial charge is 0.380 e. The number of hydrogen-bond acceptors (Lipinski definition) is 4. The minimum absolute atomic E-state index is 0. The van der Waals surface area contributed by atoms with Gasteiger partial charge in [-0.2, -0.15) is 0 Å². The van der Waals surface area contributed by atoms with Crippen molar-refractivity contribution in [2.45, 2.75) is 19.9 Å². The molecule has 6 heteroatoms. The standard InChI is InChI=1S/C11H23N3O2.ClH/c1-3-16-7-5-13-11(15)9-14-6-4-12-8-10(14)2;/h10,12H,3-9H2,1-2H3,(H,13,15);1H/t10-;/m1./s1. The highest BCUT2D eigenvalue weighted by Crippen LogP contribution is 2.00. The average molecular weight is 266 g/mol. The number of carbonyl (C=O) groups excluding carboxylic acids is 1. The molecule has 0 aromatic carbocycles. The van der Waals surface area contributed by atoms with Crippen molar-refractivity contribution < 1.29 is 9.53 Å². The van der Waals surface area contributed by atoms with Crippen LogP contribution >= 0.6 is 12.4 Å². The summed E-state index contributed by atoms with van der Waals surface area (Å²) >= 11 is 0. The van der Waals surface area contributed by atoms with E-state index >= 15 is 0 Å². The molecule has 1 aliphatic heterocycles. The maximum absolute atomic E-state index is 11.6. The van der Waals surface area contributed by atoms with E-state index in [9.17, 15) is 4.79 Å². The van der Waals surface area contributed by atoms with E-state index < -0.39 is 0 Å². The van der Waals surface area contributed by atoms with Gasteiger partial charge in [-0.1, -0.05) is 0 Å². The molecule has 0 aromatic rings. The van der Waals surface area contributed by atoms with Crippen LogP contribution in [-0.2, 0) is 9.53 Å². The van der Waals surface area contributed by atoms with Crippen LogP contribution in [0.5, 0.6) is 0 Å². The Morgan fingerprint density at radius 3 is 3.00 bits per heavy atom. The molecule has 17 heavy (non-hydrogen) atoms. The minimum Gasteiger partial charge on any atom is -0.380 e. The summed E-state index contributed by atoms with van der Waals surface area (Å²) in [5, 5.41) is 6.16. The summed E-state index contributed by atoms with van der Waals surface area (Å²) in [5.74, 6) is 0.0912. The van der Waals surface area contributed by atoms with Crippen molar-refractivity contribution in [1.82, 2.24) is 15.5 Å². The number of hydrogen-bond donors (Lipinski definition) is 2. The fourth-order valence-corrected chi connectivity index (χ4v) is 1.77. The molecule has 0 radical (unpaired) electrons. The molecule has 1 saturated heterocycles. The Kier molecular flexibility index (Phi) is 9.44. The van der Waals surface area contributed by atoms with Crippen molar-refractivity contribution in [1.29, 1.82) is 0 Å². The zero-order chi connectivity index (χ0) is 11.8. The summed E-state index contributed by atoms with van der Waals surface area (Å²) in [7, 11) is 0. The van der Waals surface area contributed by atoms with Gasteiger partial charge in [0, 0.05) is 38.8 Å². The molecule has 0 saturated carbocycles. The number of amides is 1. The smallest absolute Gasteiger partial charge is 0.234 e. The Hall–Kier alpha value is -0.360. The monoisotopic (exact) mass is 265 g/mol. The first-order valence-electron chi connectivity index (χ1n) is 6.03. The lowest BCUT2D eigenvalue weighted by atomic mass is 10.2. The van der Waals surface area contributed by atoms with Gasteiger partial charge in [-0.25, -0.2) is 0 Å². The van der Waals surface area contributed by atoms with Gasteiger partial charge >= 0.3 is 0 Å². The highest BCUT2D eigenvalue weighted by atomic mass is 35.5. The van der Waals surface area contributed by atoms with Crippen molar-refractivity contribution >= 4 is 18.3 Å². The van der Waals surface area contributed by atoms with E-state index in [2.05, 4.69) is 22.5 Å². The molecule has 1 atom stereocenters. The predicted molar refractivity (Wildman–Crippen MR) is 70.7 cm³/mol. The summed E-state index contributed by atoms with van der Waals surface area (Å²) < 4.78 is 5.16. The second kappa shape index (κ2) is 9.65. The van der Waals surface area contributed by atoms with Gasteiger partial charge in [-0.3, -0.25) is 9.69 Å². The van der Waals surface area contributed by atoms with E-state index in [1.165, 1.54) is 0 Å². The summed E-state index contributed by atoms with van der Waals surface area (Å²) in [6, 6.07) is 0.436. The van der Waals surface area contributed by atoms with Gasteiger partial charge in [0.2, 0.25) is 5.91 Å². The van der Waals surface area contributed by atoms with E-state index in [1.807, 2.05) is 6.92 Å². The lowest BCUT2D eigenvalue weighted by molar-refractivity contribution is -0.123. The molecule has 0 aromatic heterocycles. The van der Waals surface area contributed by atoms with Crippen molar-refractivity contribution in [3.63, 3.8) is 0 Å².